The highest BCUT2D eigenvalue weighted by atomic mass is 16.4. The van der Waals surface area contributed by atoms with Gasteiger partial charge in [0.05, 0.1) is 5.56 Å². The van der Waals surface area contributed by atoms with E-state index >= 15 is 0 Å². The number of nitrogens with two attached hydrogens (primary N) is 1. The van der Waals surface area contributed by atoms with Gasteiger partial charge in [0.25, 0.3) is 0 Å². The molecule has 3 N–H and O–H groups in total. The average molecular weight is 393 g/mol. The molecule has 0 amide bonds. The lowest BCUT2D eigenvalue weighted by molar-refractivity contribution is 0.0697. The van der Waals surface area contributed by atoms with Crippen molar-refractivity contribution in [2.45, 2.75) is 25.8 Å². The van der Waals surface area contributed by atoms with Crippen LogP contribution >= 0.6 is 0 Å². The SMILES string of the molecule is CC1(C)C=C(c2ccc(CN)cc2)c2cc(C#Cc3ccc(C(=O)O)cc3)ccc21. The van der Waals surface area contributed by atoms with Crippen LogP contribution in [0, 0.1) is 11.8 Å². The zero-order valence-electron chi connectivity index (χ0n) is 17.1. The monoisotopic (exact) mass is 393 g/mol. The molecule has 0 heterocycles. The normalized spacial score (nSPS) is 13.8. The molecule has 0 aromatic heterocycles. The third kappa shape index (κ3) is 3.78. The van der Waals surface area contributed by atoms with E-state index in [-0.39, 0.29) is 11.0 Å². The van der Waals surface area contributed by atoms with E-state index in [4.69, 9.17) is 10.8 Å². The van der Waals surface area contributed by atoms with E-state index in [2.05, 4.69) is 68.2 Å². The highest BCUT2D eigenvalue weighted by molar-refractivity contribution is 5.88. The van der Waals surface area contributed by atoms with Crippen LogP contribution in [0.4, 0.5) is 0 Å². The van der Waals surface area contributed by atoms with Crippen molar-refractivity contribution in [3.8, 4) is 11.8 Å². The number of benzene rings is 3. The molecule has 1 aliphatic carbocycles. The van der Waals surface area contributed by atoms with Gasteiger partial charge in [0, 0.05) is 23.1 Å². The molecule has 3 aromatic carbocycles. The Balaban J connectivity index is 1.69. The second-order valence-corrected chi connectivity index (χ2v) is 8.07. The molecule has 0 radical (unpaired) electrons. The molecule has 30 heavy (non-hydrogen) atoms. The summed E-state index contributed by atoms with van der Waals surface area (Å²) < 4.78 is 0. The van der Waals surface area contributed by atoms with Gasteiger partial charge < -0.3 is 10.8 Å². The first-order chi connectivity index (χ1) is 14.4. The first-order valence-electron chi connectivity index (χ1n) is 9.90. The molecule has 3 aromatic rings. The van der Waals surface area contributed by atoms with E-state index in [1.165, 1.54) is 22.3 Å². The molecule has 0 atom stereocenters. The molecule has 0 aliphatic heterocycles. The smallest absolute Gasteiger partial charge is 0.335 e. The molecule has 1 aliphatic rings. The number of allylic oxidation sites excluding steroid dienone is 1. The van der Waals surface area contributed by atoms with Crippen LogP contribution in [0.5, 0.6) is 0 Å². The highest BCUT2D eigenvalue weighted by Crippen LogP contribution is 2.43. The van der Waals surface area contributed by atoms with Crippen LogP contribution in [0.2, 0.25) is 0 Å². The Morgan fingerprint density at radius 1 is 0.933 bits per heavy atom. The van der Waals surface area contributed by atoms with Gasteiger partial charge in [-0.2, -0.15) is 0 Å². The van der Waals surface area contributed by atoms with Crippen LogP contribution in [0.25, 0.3) is 5.57 Å². The first-order valence-corrected chi connectivity index (χ1v) is 9.90. The van der Waals surface area contributed by atoms with Crippen molar-refractivity contribution in [3.05, 3.63) is 112 Å². The largest absolute Gasteiger partial charge is 0.478 e. The summed E-state index contributed by atoms with van der Waals surface area (Å²) in [5, 5.41) is 9.02. The fourth-order valence-corrected chi connectivity index (χ4v) is 3.82. The van der Waals surface area contributed by atoms with E-state index in [1.54, 1.807) is 24.3 Å². The standard InChI is InChI=1S/C27H23NO2/c1-27(2)16-24(21-10-7-20(17-28)8-11-21)23-15-19(9-14-25(23)27)4-3-18-5-12-22(13-6-18)26(29)30/h5-16H,17,28H2,1-2H3,(H,29,30). The maximum absolute atomic E-state index is 11.0. The summed E-state index contributed by atoms with van der Waals surface area (Å²) in [6, 6.07) is 21.4. The zero-order valence-corrected chi connectivity index (χ0v) is 17.1. The summed E-state index contributed by atoms with van der Waals surface area (Å²) in [7, 11) is 0. The van der Waals surface area contributed by atoms with Crippen LogP contribution in [-0.4, -0.2) is 11.1 Å². The van der Waals surface area contributed by atoms with Gasteiger partial charge in [0.15, 0.2) is 0 Å². The Labute approximate surface area is 176 Å². The number of rotatable bonds is 3. The van der Waals surface area contributed by atoms with Crippen LogP contribution in [0.3, 0.4) is 0 Å². The molecule has 3 nitrogen and oxygen atoms in total. The van der Waals surface area contributed by atoms with E-state index in [9.17, 15) is 4.79 Å². The Bertz CT molecular complexity index is 1200. The molecule has 0 unspecified atom stereocenters. The number of hydrogen-bond donors (Lipinski definition) is 2. The van der Waals surface area contributed by atoms with Gasteiger partial charge in [-0.3, -0.25) is 0 Å². The lowest BCUT2D eigenvalue weighted by Crippen LogP contribution is -2.10. The molecular weight excluding hydrogens is 370 g/mol. The van der Waals surface area contributed by atoms with Gasteiger partial charge in [-0.25, -0.2) is 4.79 Å². The minimum Gasteiger partial charge on any atom is -0.478 e. The minimum atomic E-state index is -0.936. The third-order valence-electron chi connectivity index (χ3n) is 5.49. The predicted molar refractivity (Wildman–Crippen MR) is 120 cm³/mol. The molecule has 0 bridgehead atoms. The topological polar surface area (TPSA) is 63.3 Å². The second kappa shape index (κ2) is 7.67. The number of carboxylic acid groups (broad SMARTS) is 1. The lowest BCUT2D eigenvalue weighted by Gasteiger charge is -2.17. The summed E-state index contributed by atoms with van der Waals surface area (Å²) in [5.74, 6) is 5.41. The van der Waals surface area contributed by atoms with Gasteiger partial charge >= 0.3 is 5.97 Å². The van der Waals surface area contributed by atoms with E-state index in [0.717, 1.165) is 16.7 Å². The van der Waals surface area contributed by atoms with Crippen LogP contribution in [0.1, 0.15) is 57.6 Å². The van der Waals surface area contributed by atoms with Crippen molar-refractivity contribution in [1.82, 2.24) is 0 Å². The van der Waals surface area contributed by atoms with Crippen LogP contribution in [0.15, 0.2) is 72.8 Å². The van der Waals surface area contributed by atoms with Gasteiger partial charge in [-0.1, -0.05) is 62.1 Å². The summed E-state index contributed by atoms with van der Waals surface area (Å²) in [6.45, 7) is 4.99. The van der Waals surface area contributed by atoms with Crippen molar-refractivity contribution >= 4 is 11.5 Å². The van der Waals surface area contributed by atoms with Gasteiger partial charge in [-0.05, 0) is 64.2 Å². The van der Waals surface area contributed by atoms with Crippen molar-refractivity contribution < 1.29 is 9.90 Å². The van der Waals surface area contributed by atoms with Crippen molar-refractivity contribution in [2.24, 2.45) is 5.73 Å². The molecule has 3 heteroatoms. The summed E-state index contributed by atoms with van der Waals surface area (Å²) in [4.78, 5) is 11.0. The van der Waals surface area contributed by atoms with Crippen LogP contribution < -0.4 is 5.73 Å². The Kier molecular flexibility index (Phi) is 5.03. The van der Waals surface area contributed by atoms with E-state index in [1.807, 2.05) is 6.07 Å². The van der Waals surface area contributed by atoms with E-state index < -0.39 is 5.97 Å². The predicted octanol–water partition coefficient (Wildman–Crippen LogP) is 4.97. The average Bonchev–Trinajstić information content (AvgIpc) is 3.03. The Morgan fingerprint density at radius 2 is 1.57 bits per heavy atom. The molecule has 148 valence electrons. The maximum Gasteiger partial charge on any atom is 0.335 e. The van der Waals surface area contributed by atoms with Gasteiger partial charge in [0.1, 0.15) is 0 Å². The minimum absolute atomic E-state index is 0.0458. The third-order valence-corrected chi connectivity index (χ3v) is 5.49. The Morgan fingerprint density at radius 3 is 2.20 bits per heavy atom. The Hall–Kier alpha value is -3.61. The number of hydrogen-bond acceptors (Lipinski definition) is 2. The molecular formula is C27H23NO2. The molecule has 0 spiro atoms. The number of aromatic carboxylic acids is 1. The zero-order chi connectivity index (χ0) is 21.3. The van der Waals surface area contributed by atoms with E-state index in [0.29, 0.717) is 6.54 Å². The number of fused-ring (bicyclic) bond motifs is 1. The fraction of sp³-hybridized carbons (Fsp3) is 0.148. The number of carboxylic acids is 1. The van der Waals surface area contributed by atoms with Crippen molar-refractivity contribution in [1.29, 1.82) is 0 Å². The maximum atomic E-state index is 11.0. The summed E-state index contributed by atoms with van der Waals surface area (Å²) >= 11 is 0. The molecule has 0 saturated carbocycles. The summed E-state index contributed by atoms with van der Waals surface area (Å²) in [6.07, 6.45) is 2.32. The summed E-state index contributed by atoms with van der Waals surface area (Å²) in [5.41, 5.74) is 13.7. The quantitative estimate of drug-likeness (QED) is 0.618. The van der Waals surface area contributed by atoms with Crippen molar-refractivity contribution in [3.63, 3.8) is 0 Å². The highest BCUT2D eigenvalue weighted by Gasteiger charge is 2.30. The fourth-order valence-electron chi connectivity index (χ4n) is 3.82. The van der Waals surface area contributed by atoms with Crippen molar-refractivity contribution in [2.75, 3.05) is 0 Å². The first kappa shape index (κ1) is 19.7. The number of carbonyl (C=O) groups is 1. The second-order valence-electron chi connectivity index (χ2n) is 8.07. The molecule has 4 rings (SSSR count). The van der Waals surface area contributed by atoms with Gasteiger partial charge in [-0.15, -0.1) is 0 Å². The lowest BCUT2D eigenvalue weighted by atomic mass is 9.86. The molecule has 0 saturated heterocycles. The molecule has 0 fully saturated rings. The van der Waals surface area contributed by atoms with Crippen LogP contribution in [-0.2, 0) is 12.0 Å². The van der Waals surface area contributed by atoms with Gasteiger partial charge in [0.2, 0.25) is 0 Å².